The molecule has 0 saturated heterocycles. The SMILES string of the molecule is CCNC(=O)c1cc(Cc2ccc(F)cc2)cc(-c2cccc([N+](=O)[O-])c2)c1O. The van der Waals surface area contributed by atoms with Crippen LogP contribution in [0.15, 0.2) is 60.7 Å². The van der Waals surface area contributed by atoms with E-state index in [0.717, 1.165) is 5.56 Å². The van der Waals surface area contributed by atoms with Crippen molar-refractivity contribution in [1.82, 2.24) is 5.32 Å². The fourth-order valence-electron chi connectivity index (χ4n) is 3.07. The predicted molar refractivity (Wildman–Crippen MR) is 107 cm³/mol. The first kappa shape index (κ1) is 20.0. The van der Waals surface area contributed by atoms with Crippen molar-refractivity contribution >= 4 is 11.6 Å². The molecule has 29 heavy (non-hydrogen) atoms. The van der Waals surface area contributed by atoms with Crippen molar-refractivity contribution in [3.8, 4) is 16.9 Å². The largest absolute Gasteiger partial charge is 0.506 e. The highest BCUT2D eigenvalue weighted by Crippen LogP contribution is 2.35. The number of carbonyl (C=O) groups excluding carboxylic acids is 1. The van der Waals surface area contributed by atoms with E-state index in [1.807, 2.05) is 0 Å². The number of nitrogens with zero attached hydrogens (tertiary/aromatic N) is 1. The Morgan fingerprint density at radius 3 is 2.48 bits per heavy atom. The van der Waals surface area contributed by atoms with Gasteiger partial charge in [0.1, 0.15) is 11.6 Å². The Morgan fingerprint density at radius 1 is 1.10 bits per heavy atom. The van der Waals surface area contributed by atoms with Crippen LogP contribution in [0.4, 0.5) is 10.1 Å². The van der Waals surface area contributed by atoms with Gasteiger partial charge in [-0.2, -0.15) is 0 Å². The molecule has 0 unspecified atom stereocenters. The Kier molecular flexibility index (Phi) is 5.87. The first-order valence-corrected chi connectivity index (χ1v) is 9.02. The van der Waals surface area contributed by atoms with E-state index in [1.54, 1.807) is 37.3 Å². The van der Waals surface area contributed by atoms with Gasteiger partial charge in [0.2, 0.25) is 0 Å². The molecule has 1 amide bonds. The second-order valence-corrected chi connectivity index (χ2v) is 6.51. The molecule has 0 aliphatic carbocycles. The number of nitro benzene ring substituents is 1. The molecule has 0 aliphatic heterocycles. The van der Waals surface area contributed by atoms with E-state index >= 15 is 0 Å². The Bertz CT molecular complexity index is 1060. The average molecular weight is 394 g/mol. The van der Waals surface area contributed by atoms with E-state index in [9.17, 15) is 24.4 Å². The van der Waals surface area contributed by atoms with Crippen LogP contribution in [0, 0.1) is 15.9 Å². The number of rotatable bonds is 6. The lowest BCUT2D eigenvalue weighted by atomic mass is 9.94. The van der Waals surface area contributed by atoms with Crippen LogP contribution >= 0.6 is 0 Å². The fourth-order valence-corrected chi connectivity index (χ4v) is 3.07. The molecule has 7 heteroatoms. The molecule has 0 saturated carbocycles. The molecule has 3 aromatic rings. The van der Waals surface area contributed by atoms with Crippen molar-refractivity contribution < 1.29 is 19.2 Å². The maximum atomic E-state index is 13.2. The second-order valence-electron chi connectivity index (χ2n) is 6.51. The van der Waals surface area contributed by atoms with E-state index in [0.29, 0.717) is 29.7 Å². The third-order valence-corrected chi connectivity index (χ3v) is 4.44. The summed E-state index contributed by atoms with van der Waals surface area (Å²) in [7, 11) is 0. The third-order valence-electron chi connectivity index (χ3n) is 4.44. The lowest BCUT2D eigenvalue weighted by Crippen LogP contribution is -2.23. The van der Waals surface area contributed by atoms with Crippen LogP contribution in [0.2, 0.25) is 0 Å². The van der Waals surface area contributed by atoms with Gasteiger partial charge in [0.25, 0.3) is 11.6 Å². The van der Waals surface area contributed by atoms with Gasteiger partial charge in [-0.3, -0.25) is 14.9 Å². The summed E-state index contributed by atoms with van der Waals surface area (Å²) in [5, 5.41) is 24.5. The van der Waals surface area contributed by atoms with E-state index in [-0.39, 0.29) is 22.8 Å². The van der Waals surface area contributed by atoms with Gasteiger partial charge in [0.05, 0.1) is 10.5 Å². The summed E-state index contributed by atoms with van der Waals surface area (Å²) < 4.78 is 13.2. The first-order valence-electron chi connectivity index (χ1n) is 9.02. The van der Waals surface area contributed by atoms with E-state index in [1.165, 1.54) is 30.3 Å². The maximum Gasteiger partial charge on any atom is 0.270 e. The number of aromatic hydroxyl groups is 1. The van der Waals surface area contributed by atoms with Gasteiger partial charge in [-0.25, -0.2) is 4.39 Å². The normalized spacial score (nSPS) is 10.6. The zero-order chi connectivity index (χ0) is 21.0. The van der Waals surface area contributed by atoms with Gasteiger partial charge in [-0.1, -0.05) is 24.3 Å². The van der Waals surface area contributed by atoms with Crippen molar-refractivity contribution in [2.45, 2.75) is 13.3 Å². The van der Waals surface area contributed by atoms with Gasteiger partial charge in [0, 0.05) is 24.2 Å². The lowest BCUT2D eigenvalue weighted by molar-refractivity contribution is -0.384. The van der Waals surface area contributed by atoms with Crippen LogP contribution in [0.5, 0.6) is 5.75 Å². The number of phenols is 1. The molecule has 0 aromatic heterocycles. The van der Waals surface area contributed by atoms with Crippen molar-refractivity contribution in [1.29, 1.82) is 0 Å². The van der Waals surface area contributed by atoms with Gasteiger partial charge >= 0.3 is 0 Å². The molecule has 0 radical (unpaired) electrons. The Labute approximate surface area is 166 Å². The van der Waals surface area contributed by atoms with E-state index < -0.39 is 10.8 Å². The predicted octanol–water partition coefficient (Wildman–Crippen LogP) is 4.45. The van der Waals surface area contributed by atoms with Crippen LogP contribution in [0.3, 0.4) is 0 Å². The zero-order valence-corrected chi connectivity index (χ0v) is 15.7. The monoisotopic (exact) mass is 394 g/mol. The van der Waals surface area contributed by atoms with Gasteiger partial charge in [0.15, 0.2) is 0 Å². The topological polar surface area (TPSA) is 92.5 Å². The summed E-state index contributed by atoms with van der Waals surface area (Å²) in [6.45, 7) is 2.14. The molecule has 3 aromatic carbocycles. The standard InChI is InChI=1S/C22H19FN2O4/c1-2-24-22(27)20-12-15(10-14-6-8-17(23)9-7-14)11-19(21(20)26)16-4-3-5-18(13-16)25(28)29/h3-9,11-13,26H,2,10H2,1H3,(H,24,27). The minimum atomic E-state index is -0.520. The van der Waals surface area contributed by atoms with Crippen molar-refractivity contribution in [2.24, 2.45) is 0 Å². The smallest absolute Gasteiger partial charge is 0.270 e. The van der Waals surface area contributed by atoms with E-state index in [2.05, 4.69) is 5.32 Å². The van der Waals surface area contributed by atoms with Crippen LogP contribution in [0.25, 0.3) is 11.1 Å². The quantitative estimate of drug-likeness (QED) is 0.477. The number of nitro groups is 1. The molecular formula is C22H19FN2O4. The maximum absolute atomic E-state index is 13.2. The van der Waals surface area contributed by atoms with Crippen molar-refractivity contribution in [2.75, 3.05) is 6.54 Å². The molecule has 0 fully saturated rings. The van der Waals surface area contributed by atoms with Crippen LogP contribution < -0.4 is 5.32 Å². The highest BCUT2D eigenvalue weighted by molar-refractivity contribution is 5.99. The molecular weight excluding hydrogens is 375 g/mol. The third kappa shape index (κ3) is 4.57. The molecule has 0 atom stereocenters. The van der Waals surface area contributed by atoms with Crippen LogP contribution in [-0.2, 0) is 6.42 Å². The minimum Gasteiger partial charge on any atom is -0.506 e. The summed E-state index contributed by atoms with van der Waals surface area (Å²) in [5.74, 6) is -1.04. The Hall–Kier alpha value is -3.74. The molecule has 0 spiro atoms. The van der Waals surface area contributed by atoms with Gasteiger partial charge in [-0.15, -0.1) is 0 Å². The molecule has 2 N–H and O–H groups in total. The van der Waals surface area contributed by atoms with E-state index in [4.69, 9.17) is 0 Å². The Morgan fingerprint density at radius 2 is 1.83 bits per heavy atom. The van der Waals surface area contributed by atoms with Crippen molar-refractivity contribution in [3.05, 3.63) is 93.3 Å². The minimum absolute atomic E-state index is 0.0768. The van der Waals surface area contributed by atoms with Crippen LogP contribution in [-0.4, -0.2) is 22.5 Å². The van der Waals surface area contributed by atoms with Crippen molar-refractivity contribution in [3.63, 3.8) is 0 Å². The number of nitrogens with one attached hydrogen (secondary N) is 1. The number of carbonyl (C=O) groups is 1. The molecule has 6 nitrogen and oxygen atoms in total. The fraction of sp³-hybridized carbons (Fsp3) is 0.136. The highest BCUT2D eigenvalue weighted by atomic mass is 19.1. The average Bonchev–Trinajstić information content (AvgIpc) is 2.71. The summed E-state index contributed by atoms with van der Waals surface area (Å²) in [4.78, 5) is 23.0. The summed E-state index contributed by atoms with van der Waals surface area (Å²) in [6, 6.07) is 15.1. The number of benzene rings is 3. The number of phenolic OH excluding ortho intramolecular Hbond substituents is 1. The zero-order valence-electron chi connectivity index (χ0n) is 15.7. The molecule has 0 heterocycles. The first-order chi connectivity index (χ1) is 13.9. The van der Waals surface area contributed by atoms with Gasteiger partial charge < -0.3 is 10.4 Å². The molecule has 3 rings (SSSR count). The number of halogens is 1. The summed E-state index contributed by atoms with van der Waals surface area (Å²) >= 11 is 0. The summed E-state index contributed by atoms with van der Waals surface area (Å²) in [6.07, 6.45) is 0.398. The molecule has 148 valence electrons. The van der Waals surface area contributed by atoms with Crippen LogP contribution in [0.1, 0.15) is 28.4 Å². The highest BCUT2D eigenvalue weighted by Gasteiger charge is 2.19. The number of hydrogen-bond donors (Lipinski definition) is 2. The lowest BCUT2D eigenvalue weighted by Gasteiger charge is -2.13. The number of non-ortho nitro benzene ring substituents is 1. The summed E-state index contributed by atoms with van der Waals surface area (Å²) in [5.41, 5.74) is 2.22. The van der Waals surface area contributed by atoms with Gasteiger partial charge in [-0.05, 0) is 54.3 Å². The molecule has 0 bridgehead atoms. The second kappa shape index (κ2) is 8.52. The molecule has 0 aliphatic rings. The number of amides is 1. The number of hydrogen-bond acceptors (Lipinski definition) is 4. The Balaban J connectivity index is 2.12.